The molecule has 0 aliphatic heterocycles. The van der Waals surface area contributed by atoms with Crippen molar-refractivity contribution in [3.63, 3.8) is 0 Å². The number of thiazole rings is 1. The number of amides is 1. The van der Waals surface area contributed by atoms with Gasteiger partial charge in [-0.25, -0.2) is 14.2 Å². The monoisotopic (exact) mass is 675 g/mol. The number of benzene rings is 2. The van der Waals surface area contributed by atoms with Gasteiger partial charge in [0.05, 0.1) is 15.8 Å². The summed E-state index contributed by atoms with van der Waals surface area (Å²) in [5.74, 6) is -0.657. The van der Waals surface area contributed by atoms with Gasteiger partial charge in [-0.05, 0) is 61.5 Å². The van der Waals surface area contributed by atoms with Crippen LogP contribution in [0.4, 0.5) is 14.3 Å². The molecule has 15 heteroatoms. The molecular weight excluding hydrogens is 644 g/mol. The lowest BCUT2D eigenvalue weighted by Gasteiger charge is -2.23. The van der Waals surface area contributed by atoms with Crippen LogP contribution >= 0.6 is 46.5 Å². The Kier molecular flexibility index (Phi) is 15.4. The summed E-state index contributed by atoms with van der Waals surface area (Å²) in [6, 6.07) is 7.83. The Bertz CT molecular complexity index is 1350. The molecule has 0 bridgehead atoms. The number of halogens is 3. The van der Waals surface area contributed by atoms with E-state index in [0.29, 0.717) is 46.7 Å². The van der Waals surface area contributed by atoms with Gasteiger partial charge in [0.1, 0.15) is 17.3 Å². The number of carboxylic acid groups (broad SMARTS) is 1. The molecule has 0 fully saturated rings. The van der Waals surface area contributed by atoms with Crippen LogP contribution in [0.25, 0.3) is 0 Å². The van der Waals surface area contributed by atoms with Crippen molar-refractivity contribution in [3.8, 4) is 11.5 Å². The molecule has 10 nitrogen and oxygen atoms in total. The number of hydrogen-bond acceptors (Lipinski definition) is 10. The Morgan fingerprint density at radius 3 is 2.53 bits per heavy atom. The second kappa shape index (κ2) is 18.4. The van der Waals surface area contributed by atoms with Gasteiger partial charge in [-0.15, -0.1) is 11.3 Å². The number of anilines is 1. The Balaban J connectivity index is 0.00000206. The molecule has 234 valence electrons. The Morgan fingerprint density at radius 1 is 1.19 bits per heavy atom. The van der Waals surface area contributed by atoms with Gasteiger partial charge in [0.25, 0.3) is 6.47 Å². The molecule has 1 heterocycles. The third kappa shape index (κ3) is 12.1. The van der Waals surface area contributed by atoms with Crippen molar-refractivity contribution in [1.29, 1.82) is 0 Å². The maximum Gasteiger partial charge on any atom is 0.412 e. The van der Waals surface area contributed by atoms with Crippen LogP contribution in [0.5, 0.6) is 11.5 Å². The predicted octanol–water partition coefficient (Wildman–Crippen LogP) is 8.14. The number of carbonyl (C=O) groups is 3. The van der Waals surface area contributed by atoms with Crippen LogP contribution in [0.15, 0.2) is 46.8 Å². The summed E-state index contributed by atoms with van der Waals surface area (Å²) in [7, 11) is 0. The fraction of sp³-hybridized carbons (Fsp3) is 0.357. The molecule has 0 aliphatic rings. The van der Waals surface area contributed by atoms with E-state index in [2.05, 4.69) is 9.71 Å². The van der Waals surface area contributed by atoms with Gasteiger partial charge in [0.2, 0.25) is 6.29 Å². The van der Waals surface area contributed by atoms with Crippen molar-refractivity contribution in [1.82, 2.24) is 9.88 Å². The lowest BCUT2D eigenvalue weighted by atomic mass is 10.1. The number of hydrogen-bond donors (Lipinski definition) is 2. The van der Waals surface area contributed by atoms with Gasteiger partial charge in [0, 0.05) is 42.7 Å². The summed E-state index contributed by atoms with van der Waals surface area (Å²) in [6.07, 6.45) is 1.13. The molecule has 1 unspecified atom stereocenters. The lowest BCUT2D eigenvalue weighted by Crippen LogP contribution is -2.36. The third-order valence-corrected chi connectivity index (χ3v) is 7.62. The topological polar surface area (TPSA) is 127 Å². The summed E-state index contributed by atoms with van der Waals surface area (Å²) < 4.78 is 34.2. The number of ether oxygens (including phenoxy) is 3. The van der Waals surface area contributed by atoms with E-state index in [4.69, 9.17) is 47.3 Å². The highest BCUT2D eigenvalue weighted by Crippen LogP contribution is 2.37. The maximum absolute atomic E-state index is 14.8. The zero-order valence-corrected chi connectivity index (χ0v) is 27.0. The van der Waals surface area contributed by atoms with Crippen molar-refractivity contribution in [2.75, 3.05) is 17.8 Å². The number of rotatable bonds is 13. The molecular formula is C28H32Cl2FN3O7S2. The average Bonchev–Trinajstić information content (AvgIpc) is 3.47. The molecule has 1 atom stereocenters. The molecule has 1 aromatic heterocycles. The van der Waals surface area contributed by atoms with E-state index in [9.17, 15) is 14.0 Å². The molecule has 0 radical (unpaired) electrons. The first-order chi connectivity index (χ1) is 20.5. The van der Waals surface area contributed by atoms with Crippen LogP contribution in [0, 0.1) is 11.7 Å². The average molecular weight is 677 g/mol. The molecule has 0 saturated carbocycles. The normalized spacial score (nSPS) is 11.2. The minimum atomic E-state index is -0.998. The molecule has 3 aromatic rings. The van der Waals surface area contributed by atoms with Crippen LogP contribution in [-0.4, -0.2) is 52.9 Å². The zero-order chi connectivity index (χ0) is 31.9. The Hall–Kier alpha value is -3.26. The van der Waals surface area contributed by atoms with E-state index >= 15 is 0 Å². The molecule has 0 spiro atoms. The van der Waals surface area contributed by atoms with E-state index in [-0.39, 0.29) is 23.2 Å². The first kappa shape index (κ1) is 35.9. The highest BCUT2D eigenvalue weighted by molar-refractivity contribution is 8.00. The summed E-state index contributed by atoms with van der Waals surface area (Å²) in [5.41, 5.74) is 0.761. The molecule has 2 N–H and O–H groups in total. The van der Waals surface area contributed by atoms with Gasteiger partial charge >= 0.3 is 12.1 Å². The minimum Gasteiger partial charge on any atom is -0.483 e. The van der Waals surface area contributed by atoms with E-state index in [0.717, 1.165) is 17.5 Å². The van der Waals surface area contributed by atoms with Gasteiger partial charge in [-0.3, -0.25) is 9.59 Å². The second-order valence-electron chi connectivity index (χ2n) is 8.94. The van der Waals surface area contributed by atoms with Crippen molar-refractivity contribution in [2.45, 2.75) is 51.7 Å². The van der Waals surface area contributed by atoms with Crippen LogP contribution in [0.1, 0.15) is 39.7 Å². The van der Waals surface area contributed by atoms with Gasteiger partial charge in [0.15, 0.2) is 5.13 Å². The quantitative estimate of drug-likeness (QED) is 0.0793. The SMILES string of the molecule is CCN(CCCc1cc(Cl)ccc1Oc1cc(F)c(SNc2nccs2)cc1Cl)C(=O)OC(C)OC(=O)C(C)C.O=CO. The van der Waals surface area contributed by atoms with Gasteiger partial charge in [-0.2, -0.15) is 0 Å². The zero-order valence-electron chi connectivity index (χ0n) is 23.8. The Labute approximate surface area is 267 Å². The highest BCUT2D eigenvalue weighted by Gasteiger charge is 2.20. The number of carbonyl (C=O) groups excluding carboxylic acids is 2. The third-order valence-electron chi connectivity index (χ3n) is 5.44. The molecule has 0 aliphatic carbocycles. The largest absolute Gasteiger partial charge is 0.483 e. The fourth-order valence-electron chi connectivity index (χ4n) is 3.38. The first-order valence-electron chi connectivity index (χ1n) is 13.0. The highest BCUT2D eigenvalue weighted by atomic mass is 35.5. The summed E-state index contributed by atoms with van der Waals surface area (Å²) in [5, 5.41) is 10.1. The van der Waals surface area contributed by atoms with Crippen LogP contribution in [0.2, 0.25) is 10.0 Å². The maximum atomic E-state index is 14.8. The summed E-state index contributed by atoms with van der Waals surface area (Å²) in [4.78, 5) is 38.6. The van der Waals surface area contributed by atoms with Crippen LogP contribution in [-0.2, 0) is 25.5 Å². The fourth-order valence-corrected chi connectivity index (χ4v) is 5.11. The predicted molar refractivity (Wildman–Crippen MR) is 166 cm³/mol. The Morgan fingerprint density at radius 2 is 1.91 bits per heavy atom. The van der Waals surface area contributed by atoms with Crippen molar-refractivity contribution >= 4 is 70.2 Å². The van der Waals surface area contributed by atoms with Crippen LogP contribution in [0.3, 0.4) is 0 Å². The van der Waals surface area contributed by atoms with Crippen molar-refractivity contribution in [2.24, 2.45) is 5.92 Å². The van der Waals surface area contributed by atoms with E-state index in [1.54, 1.807) is 38.2 Å². The standard InChI is InChI=1S/C27H30Cl2FN3O5S2.CH2O2/c1-5-33(27(35)37-17(4)36-25(34)16(2)3)11-6-7-18-13-19(28)8-9-22(18)38-23-15-21(30)24(14-20(23)29)40-32-26-31-10-12-39-26;2-1-3/h8-10,12-17H,5-7,11H2,1-4H3,(H,31,32);1H,(H,2,3). The van der Waals surface area contributed by atoms with E-state index < -0.39 is 24.2 Å². The first-order valence-corrected chi connectivity index (χ1v) is 15.5. The minimum absolute atomic E-state index is 0.157. The molecule has 3 rings (SSSR count). The van der Waals surface area contributed by atoms with Crippen LogP contribution < -0.4 is 9.46 Å². The van der Waals surface area contributed by atoms with Gasteiger partial charge < -0.3 is 28.9 Å². The second-order valence-corrected chi connectivity index (χ2v) is 11.5. The van der Waals surface area contributed by atoms with Crippen molar-refractivity contribution < 1.29 is 38.1 Å². The van der Waals surface area contributed by atoms with Crippen molar-refractivity contribution in [3.05, 3.63) is 63.3 Å². The number of nitrogens with zero attached hydrogens (tertiary/aromatic N) is 2. The number of aromatic nitrogens is 1. The summed E-state index contributed by atoms with van der Waals surface area (Å²) in [6.45, 7) is 7.25. The number of aryl methyl sites for hydroxylation is 1. The molecule has 2 aromatic carbocycles. The summed E-state index contributed by atoms with van der Waals surface area (Å²) >= 11 is 15.1. The lowest BCUT2D eigenvalue weighted by molar-refractivity contribution is -0.169. The molecule has 1 amide bonds. The number of esters is 1. The van der Waals surface area contributed by atoms with E-state index in [1.807, 2.05) is 12.3 Å². The molecule has 43 heavy (non-hydrogen) atoms. The van der Waals surface area contributed by atoms with Gasteiger partial charge in [-0.1, -0.05) is 37.0 Å². The number of nitrogens with one attached hydrogen (secondary N) is 1. The van der Waals surface area contributed by atoms with E-state index in [1.165, 1.54) is 35.3 Å². The molecule has 0 saturated heterocycles. The smallest absolute Gasteiger partial charge is 0.412 e.